The number of fused-ring (bicyclic) bond motifs is 1. The van der Waals surface area contributed by atoms with Crippen LogP contribution in [0.4, 0.5) is 0 Å². The zero-order valence-electron chi connectivity index (χ0n) is 12.1. The van der Waals surface area contributed by atoms with E-state index in [4.69, 9.17) is 4.42 Å². The zero-order chi connectivity index (χ0) is 14.8. The lowest BCUT2D eigenvalue weighted by Crippen LogP contribution is -2.22. The van der Waals surface area contributed by atoms with Gasteiger partial charge >= 0.3 is 0 Å². The fourth-order valence-corrected chi connectivity index (χ4v) is 2.99. The second-order valence-electron chi connectivity index (χ2n) is 5.04. The molecule has 4 nitrogen and oxygen atoms in total. The third kappa shape index (κ3) is 2.89. The van der Waals surface area contributed by atoms with Gasteiger partial charge in [0.05, 0.1) is 17.3 Å². The average molecular weight is 348 g/mol. The highest BCUT2D eigenvalue weighted by molar-refractivity contribution is 9.10. The topological polar surface area (TPSA) is 43.0 Å². The normalized spacial score (nSPS) is 12.9. The average Bonchev–Trinajstić information content (AvgIpc) is 3.04. The summed E-state index contributed by atoms with van der Waals surface area (Å²) < 4.78 is 8.40. The molecule has 1 N–H and O–H groups in total. The predicted octanol–water partition coefficient (Wildman–Crippen LogP) is 3.82. The van der Waals surface area contributed by atoms with Crippen molar-refractivity contribution >= 4 is 26.8 Å². The van der Waals surface area contributed by atoms with E-state index in [1.165, 1.54) is 5.39 Å². The Hall–Kier alpha value is -1.59. The summed E-state index contributed by atoms with van der Waals surface area (Å²) in [7, 11) is 1.98. The molecule has 0 amide bonds. The van der Waals surface area contributed by atoms with Gasteiger partial charge in [-0.25, -0.2) is 0 Å². The molecule has 0 aliphatic heterocycles. The highest BCUT2D eigenvalue weighted by atomic mass is 79.9. The summed E-state index contributed by atoms with van der Waals surface area (Å²) in [5.74, 6) is 0.929. The maximum atomic E-state index is 5.71. The van der Waals surface area contributed by atoms with Crippen LogP contribution >= 0.6 is 15.9 Å². The lowest BCUT2D eigenvalue weighted by atomic mass is 10.1. The van der Waals surface area contributed by atoms with Crippen LogP contribution in [0, 0.1) is 0 Å². The molecule has 0 spiro atoms. The van der Waals surface area contributed by atoms with E-state index in [-0.39, 0.29) is 6.04 Å². The molecule has 0 saturated heterocycles. The first kappa shape index (κ1) is 14.4. The quantitative estimate of drug-likeness (QED) is 0.762. The number of aryl methyl sites for hydroxylation is 1. The fraction of sp³-hybridized carbons (Fsp3) is 0.312. The van der Waals surface area contributed by atoms with Gasteiger partial charge in [-0.1, -0.05) is 25.1 Å². The summed E-state index contributed by atoms with van der Waals surface area (Å²) in [4.78, 5) is 0. The number of hydrogen-bond donors (Lipinski definition) is 1. The Morgan fingerprint density at radius 1 is 1.29 bits per heavy atom. The van der Waals surface area contributed by atoms with Crippen molar-refractivity contribution in [2.24, 2.45) is 7.05 Å². The molecular formula is C16H18BrN3O. The molecular weight excluding hydrogens is 330 g/mol. The molecule has 0 saturated carbocycles. The minimum absolute atomic E-state index is 0.125. The van der Waals surface area contributed by atoms with E-state index >= 15 is 0 Å². The number of hydrogen-bond acceptors (Lipinski definition) is 3. The fourth-order valence-electron chi connectivity index (χ4n) is 2.67. The first-order chi connectivity index (χ1) is 10.2. The van der Waals surface area contributed by atoms with E-state index in [0.717, 1.165) is 34.6 Å². The van der Waals surface area contributed by atoms with Crippen LogP contribution in [0.15, 0.2) is 45.5 Å². The molecule has 0 bridgehead atoms. The van der Waals surface area contributed by atoms with E-state index < -0.39 is 0 Å². The van der Waals surface area contributed by atoms with Crippen molar-refractivity contribution in [3.8, 4) is 0 Å². The Balaban J connectivity index is 1.94. The molecule has 0 aliphatic carbocycles. The Morgan fingerprint density at radius 3 is 2.81 bits per heavy atom. The van der Waals surface area contributed by atoms with Gasteiger partial charge in [0.15, 0.2) is 4.67 Å². The second kappa shape index (κ2) is 6.03. The number of nitrogens with zero attached hydrogens (tertiary/aromatic N) is 2. The van der Waals surface area contributed by atoms with Gasteiger partial charge in [-0.3, -0.25) is 4.68 Å². The van der Waals surface area contributed by atoms with E-state index in [1.54, 1.807) is 0 Å². The minimum Gasteiger partial charge on any atom is -0.453 e. The summed E-state index contributed by atoms with van der Waals surface area (Å²) in [5, 5.41) is 9.34. The lowest BCUT2D eigenvalue weighted by Gasteiger charge is -2.14. The van der Waals surface area contributed by atoms with Gasteiger partial charge in [0.1, 0.15) is 5.76 Å². The number of halogens is 1. The summed E-state index contributed by atoms with van der Waals surface area (Å²) >= 11 is 3.37. The molecule has 3 rings (SSSR count). The number of furan rings is 1. The van der Waals surface area contributed by atoms with Crippen LogP contribution in [0.2, 0.25) is 0 Å². The predicted molar refractivity (Wildman–Crippen MR) is 87.2 cm³/mol. The highest BCUT2D eigenvalue weighted by Gasteiger charge is 2.18. The molecule has 3 aromatic rings. The van der Waals surface area contributed by atoms with Gasteiger partial charge < -0.3 is 9.73 Å². The van der Waals surface area contributed by atoms with Crippen LogP contribution in [-0.4, -0.2) is 16.3 Å². The van der Waals surface area contributed by atoms with Gasteiger partial charge in [0.2, 0.25) is 0 Å². The molecule has 21 heavy (non-hydrogen) atoms. The largest absolute Gasteiger partial charge is 0.453 e. The molecule has 5 heteroatoms. The van der Waals surface area contributed by atoms with Crippen LogP contribution in [0.5, 0.6) is 0 Å². The molecule has 1 aromatic carbocycles. The molecule has 1 unspecified atom stereocenters. The molecule has 1 atom stereocenters. The smallest absolute Gasteiger partial charge is 0.169 e. The Kier molecular flexibility index (Phi) is 4.12. The van der Waals surface area contributed by atoms with E-state index in [9.17, 15) is 0 Å². The highest BCUT2D eigenvalue weighted by Crippen LogP contribution is 2.26. The van der Waals surface area contributed by atoms with Crippen molar-refractivity contribution in [3.05, 3.63) is 52.5 Å². The SMILES string of the molecule is CCNC(Cc1nn(C)c2ccccc12)c1ccc(Br)o1. The summed E-state index contributed by atoms with van der Waals surface area (Å²) in [6.07, 6.45) is 0.801. The molecule has 0 radical (unpaired) electrons. The van der Waals surface area contributed by atoms with Crippen LogP contribution in [0.3, 0.4) is 0 Å². The Labute approximate surface area is 132 Å². The van der Waals surface area contributed by atoms with Gasteiger partial charge in [-0.2, -0.15) is 5.10 Å². The zero-order valence-corrected chi connectivity index (χ0v) is 13.7. The van der Waals surface area contributed by atoms with Crippen molar-refractivity contribution < 1.29 is 4.42 Å². The summed E-state index contributed by atoms with van der Waals surface area (Å²) in [6, 6.07) is 12.4. The van der Waals surface area contributed by atoms with Crippen molar-refractivity contribution in [2.75, 3.05) is 6.54 Å². The summed E-state index contributed by atoms with van der Waals surface area (Å²) in [6.45, 7) is 2.98. The van der Waals surface area contributed by atoms with Gasteiger partial charge in [-0.15, -0.1) is 0 Å². The number of likely N-dealkylation sites (N-methyl/N-ethyl adjacent to an activating group) is 1. The van der Waals surface area contributed by atoms with Crippen LogP contribution in [-0.2, 0) is 13.5 Å². The van der Waals surface area contributed by atoms with Crippen molar-refractivity contribution in [3.63, 3.8) is 0 Å². The molecule has 0 aliphatic rings. The van der Waals surface area contributed by atoms with Crippen molar-refractivity contribution in [1.29, 1.82) is 0 Å². The maximum absolute atomic E-state index is 5.71. The van der Waals surface area contributed by atoms with Gasteiger partial charge in [-0.05, 0) is 40.7 Å². The number of aromatic nitrogens is 2. The number of para-hydroxylation sites is 1. The third-order valence-corrected chi connectivity index (χ3v) is 4.05. The second-order valence-corrected chi connectivity index (χ2v) is 5.83. The van der Waals surface area contributed by atoms with Gasteiger partial charge in [0.25, 0.3) is 0 Å². The first-order valence-corrected chi connectivity index (χ1v) is 7.87. The molecule has 0 fully saturated rings. The minimum atomic E-state index is 0.125. The number of rotatable bonds is 5. The van der Waals surface area contributed by atoms with Crippen LogP contribution in [0.25, 0.3) is 10.9 Å². The van der Waals surface area contributed by atoms with E-state index in [0.29, 0.717) is 0 Å². The van der Waals surface area contributed by atoms with Crippen molar-refractivity contribution in [2.45, 2.75) is 19.4 Å². The monoisotopic (exact) mass is 347 g/mol. The number of nitrogens with one attached hydrogen (secondary N) is 1. The van der Waals surface area contributed by atoms with Crippen molar-refractivity contribution in [1.82, 2.24) is 15.1 Å². The molecule has 2 aromatic heterocycles. The molecule has 2 heterocycles. The van der Waals surface area contributed by atoms with Crippen LogP contribution in [0.1, 0.15) is 24.4 Å². The standard InChI is InChI=1S/C16H18BrN3O/c1-3-18-13(15-8-9-16(17)21-15)10-12-11-6-4-5-7-14(11)20(2)19-12/h4-9,13,18H,3,10H2,1-2H3. The lowest BCUT2D eigenvalue weighted by molar-refractivity contribution is 0.403. The van der Waals surface area contributed by atoms with Crippen LogP contribution < -0.4 is 5.32 Å². The maximum Gasteiger partial charge on any atom is 0.169 e. The summed E-state index contributed by atoms with van der Waals surface area (Å²) in [5.41, 5.74) is 2.25. The van der Waals surface area contributed by atoms with Gasteiger partial charge in [0, 0.05) is 18.9 Å². The van der Waals surface area contributed by atoms with E-state index in [2.05, 4.69) is 51.5 Å². The molecule has 110 valence electrons. The number of benzene rings is 1. The Morgan fingerprint density at radius 2 is 2.10 bits per heavy atom. The first-order valence-electron chi connectivity index (χ1n) is 7.08. The van der Waals surface area contributed by atoms with E-state index in [1.807, 2.05) is 29.9 Å². The third-order valence-electron chi connectivity index (χ3n) is 3.62. The Bertz CT molecular complexity index is 747.